The summed E-state index contributed by atoms with van der Waals surface area (Å²) in [6, 6.07) is 7.67. The van der Waals surface area contributed by atoms with Gasteiger partial charge in [-0.2, -0.15) is 0 Å². The van der Waals surface area contributed by atoms with Crippen LogP contribution in [0.15, 0.2) is 35.1 Å². The maximum atomic E-state index is 12.4. The lowest BCUT2D eigenvalue weighted by Gasteiger charge is -2.04. The average Bonchev–Trinajstić information content (AvgIpc) is 2.42. The van der Waals surface area contributed by atoms with Gasteiger partial charge in [0, 0.05) is 22.2 Å². The number of aromatic amines is 1. The van der Waals surface area contributed by atoms with E-state index in [9.17, 15) is 4.79 Å². The fraction of sp³-hybridized carbons (Fsp3) is 0.353. The van der Waals surface area contributed by atoms with Crippen LogP contribution in [0.25, 0.3) is 17.0 Å². The van der Waals surface area contributed by atoms with E-state index in [1.165, 1.54) is 19.3 Å². The SMILES string of the molecule is CCCCCC=Cc1c(C)[nH]c2ccccc2c1=O. The quantitative estimate of drug-likeness (QED) is 0.788. The summed E-state index contributed by atoms with van der Waals surface area (Å²) < 4.78 is 0. The maximum Gasteiger partial charge on any atom is 0.196 e. The first-order valence-corrected chi connectivity index (χ1v) is 7.02. The second-order valence-corrected chi connectivity index (χ2v) is 4.94. The van der Waals surface area contributed by atoms with Crippen molar-refractivity contribution in [1.29, 1.82) is 0 Å². The van der Waals surface area contributed by atoms with Gasteiger partial charge in [0.1, 0.15) is 0 Å². The van der Waals surface area contributed by atoms with Crippen molar-refractivity contribution in [3.63, 3.8) is 0 Å². The van der Waals surface area contributed by atoms with Gasteiger partial charge in [-0.15, -0.1) is 0 Å². The van der Waals surface area contributed by atoms with Crippen LogP contribution in [-0.4, -0.2) is 4.98 Å². The van der Waals surface area contributed by atoms with Crippen LogP contribution in [-0.2, 0) is 0 Å². The molecule has 100 valence electrons. The predicted octanol–water partition coefficient (Wildman–Crippen LogP) is 4.43. The third kappa shape index (κ3) is 3.14. The summed E-state index contributed by atoms with van der Waals surface area (Å²) in [5, 5.41) is 0.765. The third-order valence-electron chi connectivity index (χ3n) is 3.40. The molecule has 0 aliphatic carbocycles. The molecular weight excluding hydrogens is 234 g/mol. The number of hydrogen-bond donors (Lipinski definition) is 1. The summed E-state index contributed by atoms with van der Waals surface area (Å²) in [4.78, 5) is 15.7. The Kier molecular flexibility index (Phi) is 4.56. The molecule has 0 fully saturated rings. The van der Waals surface area contributed by atoms with Gasteiger partial charge < -0.3 is 4.98 Å². The first-order valence-electron chi connectivity index (χ1n) is 7.02. The smallest absolute Gasteiger partial charge is 0.196 e. The van der Waals surface area contributed by atoms with Gasteiger partial charge in [-0.1, -0.05) is 44.1 Å². The molecule has 0 atom stereocenters. The molecule has 1 aromatic carbocycles. The van der Waals surface area contributed by atoms with Crippen molar-refractivity contribution in [2.75, 3.05) is 0 Å². The second kappa shape index (κ2) is 6.37. The molecule has 0 radical (unpaired) electrons. The fourth-order valence-electron chi connectivity index (χ4n) is 2.29. The largest absolute Gasteiger partial charge is 0.358 e. The Bertz CT molecular complexity index is 637. The van der Waals surface area contributed by atoms with Crippen molar-refractivity contribution < 1.29 is 0 Å². The van der Waals surface area contributed by atoms with Crippen molar-refractivity contribution in [3.05, 3.63) is 51.8 Å². The number of aryl methyl sites for hydroxylation is 1. The van der Waals surface area contributed by atoms with Crippen LogP contribution >= 0.6 is 0 Å². The molecule has 0 saturated heterocycles. The number of nitrogens with one attached hydrogen (secondary N) is 1. The second-order valence-electron chi connectivity index (χ2n) is 4.94. The number of pyridine rings is 1. The van der Waals surface area contributed by atoms with E-state index < -0.39 is 0 Å². The molecule has 1 aromatic heterocycles. The molecule has 0 amide bonds. The Morgan fingerprint density at radius 1 is 1.21 bits per heavy atom. The lowest BCUT2D eigenvalue weighted by Crippen LogP contribution is -2.09. The van der Waals surface area contributed by atoms with Crippen molar-refractivity contribution in [1.82, 2.24) is 4.98 Å². The number of aromatic nitrogens is 1. The number of unbranched alkanes of at least 4 members (excludes halogenated alkanes) is 3. The monoisotopic (exact) mass is 255 g/mol. The number of fused-ring (bicyclic) bond motifs is 1. The van der Waals surface area contributed by atoms with Crippen molar-refractivity contribution >= 4 is 17.0 Å². The minimum absolute atomic E-state index is 0.124. The molecular formula is C17H21NO. The summed E-state index contributed by atoms with van der Waals surface area (Å²) in [5.74, 6) is 0. The summed E-state index contributed by atoms with van der Waals surface area (Å²) >= 11 is 0. The van der Waals surface area contributed by atoms with Crippen LogP contribution in [0.2, 0.25) is 0 Å². The van der Waals surface area contributed by atoms with Gasteiger partial charge in [0.05, 0.1) is 0 Å². The van der Waals surface area contributed by atoms with E-state index >= 15 is 0 Å². The van der Waals surface area contributed by atoms with Crippen molar-refractivity contribution in [2.45, 2.75) is 39.5 Å². The zero-order chi connectivity index (χ0) is 13.7. The molecule has 2 aromatic rings. The zero-order valence-electron chi connectivity index (χ0n) is 11.7. The molecule has 0 bridgehead atoms. The number of H-pyrrole nitrogens is 1. The highest BCUT2D eigenvalue weighted by Gasteiger charge is 2.05. The predicted molar refractivity (Wildman–Crippen MR) is 82.5 cm³/mol. The molecule has 1 N–H and O–H groups in total. The Morgan fingerprint density at radius 2 is 2.00 bits per heavy atom. The summed E-state index contributed by atoms with van der Waals surface area (Å²) in [6.07, 6.45) is 8.79. The van der Waals surface area contributed by atoms with Gasteiger partial charge >= 0.3 is 0 Å². The van der Waals surface area contributed by atoms with Gasteiger partial charge in [0.25, 0.3) is 0 Å². The molecule has 2 heteroatoms. The Morgan fingerprint density at radius 3 is 2.79 bits per heavy atom. The number of rotatable bonds is 5. The van der Waals surface area contributed by atoms with Gasteiger partial charge in [0.15, 0.2) is 5.43 Å². The highest BCUT2D eigenvalue weighted by molar-refractivity contribution is 5.81. The Balaban J connectivity index is 2.30. The van der Waals surface area contributed by atoms with E-state index in [-0.39, 0.29) is 5.43 Å². The van der Waals surface area contributed by atoms with Crippen LogP contribution in [0, 0.1) is 6.92 Å². The molecule has 0 aliphatic heterocycles. The molecule has 2 rings (SSSR count). The van der Waals surface area contributed by atoms with Crippen LogP contribution in [0.4, 0.5) is 0 Å². The van der Waals surface area contributed by atoms with E-state index in [0.717, 1.165) is 28.6 Å². The standard InChI is InChI=1S/C17H21NO/c1-3-4-5-6-7-10-14-13(2)18-16-12-9-8-11-15(16)17(14)19/h7-12H,3-6H2,1-2H3,(H,18,19). The minimum Gasteiger partial charge on any atom is -0.358 e. The molecule has 0 spiro atoms. The van der Waals surface area contributed by atoms with Crippen LogP contribution in [0.3, 0.4) is 0 Å². The van der Waals surface area contributed by atoms with Gasteiger partial charge in [-0.3, -0.25) is 4.79 Å². The third-order valence-corrected chi connectivity index (χ3v) is 3.40. The maximum absolute atomic E-state index is 12.4. The van der Waals surface area contributed by atoms with Gasteiger partial charge in [-0.05, 0) is 31.9 Å². The summed E-state index contributed by atoms with van der Waals surface area (Å²) in [6.45, 7) is 4.15. The van der Waals surface area contributed by atoms with Crippen LogP contribution in [0.5, 0.6) is 0 Å². The van der Waals surface area contributed by atoms with Gasteiger partial charge in [-0.25, -0.2) is 0 Å². The topological polar surface area (TPSA) is 32.9 Å². The summed E-state index contributed by atoms with van der Waals surface area (Å²) in [7, 11) is 0. The first-order chi connectivity index (χ1) is 9.24. The lowest BCUT2D eigenvalue weighted by atomic mass is 10.1. The number of benzene rings is 1. The van der Waals surface area contributed by atoms with Crippen molar-refractivity contribution in [3.8, 4) is 0 Å². The van der Waals surface area contributed by atoms with Crippen LogP contribution in [0.1, 0.15) is 43.9 Å². The van der Waals surface area contributed by atoms with E-state index in [0.29, 0.717) is 0 Å². The molecule has 1 heterocycles. The fourth-order valence-corrected chi connectivity index (χ4v) is 2.29. The average molecular weight is 255 g/mol. The van der Waals surface area contributed by atoms with E-state index in [1.54, 1.807) is 0 Å². The highest BCUT2D eigenvalue weighted by Crippen LogP contribution is 2.12. The number of allylic oxidation sites excluding steroid dienone is 1. The molecule has 0 unspecified atom stereocenters. The zero-order valence-corrected chi connectivity index (χ0v) is 11.7. The van der Waals surface area contributed by atoms with Gasteiger partial charge in [0.2, 0.25) is 0 Å². The number of hydrogen-bond acceptors (Lipinski definition) is 1. The number of para-hydroxylation sites is 1. The molecule has 0 saturated carbocycles. The van der Waals surface area contributed by atoms with E-state index in [1.807, 2.05) is 37.3 Å². The lowest BCUT2D eigenvalue weighted by molar-refractivity contribution is 0.730. The molecule has 0 aliphatic rings. The molecule has 19 heavy (non-hydrogen) atoms. The van der Waals surface area contributed by atoms with Crippen molar-refractivity contribution in [2.24, 2.45) is 0 Å². The first kappa shape index (κ1) is 13.6. The Hall–Kier alpha value is -1.83. The van der Waals surface area contributed by atoms with E-state index in [4.69, 9.17) is 0 Å². The van der Waals surface area contributed by atoms with E-state index in [2.05, 4.69) is 18.0 Å². The summed E-state index contributed by atoms with van der Waals surface area (Å²) in [5.41, 5.74) is 2.76. The Labute approximate surface area is 114 Å². The molecule has 2 nitrogen and oxygen atoms in total. The van der Waals surface area contributed by atoms with Crippen LogP contribution < -0.4 is 5.43 Å². The highest BCUT2D eigenvalue weighted by atomic mass is 16.1. The minimum atomic E-state index is 0.124. The normalized spacial score (nSPS) is 11.5.